The number of aryl methyl sites for hydroxylation is 1. The number of anilines is 1. The maximum absolute atomic E-state index is 13.3. The van der Waals surface area contributed by atoms with Gasteiger partial charge in [-0.2, -0.15) is 4.31 Å². The molecule has 0 aromatic heterocycles. The fraction of sp³-hybridized carbons (Fsp3) is 0.632. The van der Waals surface area contributed by atoms with Gasteiger partial charge in [0, 0.05) is 19.6 Å². The number of carbonyl (C=O) groups is 1. The van der Waals surface area contributed by atoms with Gasteiger partial charge < -0.3 is 4.90 Å². The minimum atomic E-state index is -3.51. The van der Waals surface area contributed by atoms with Gasteiger partial charge in [-0.3, -0.25) is 4.79 Å². The van der Waals surface area contributed by atoms with Crippen LogP contribution in [-0.4, -0.2) is 38.3 Å². The van der Waals surface area contributed by atoms with Gasteiger partial charge in [0.05, 0.1) is 16.5 Å². The summed E-state index contributed by atoms with van der Waals surface area (Å²) in [5.41, 5.74) is 2.88. The molecule has 1 aromatic rings. The lowest BCUT2D eigenvalue weighted by atomic mass is 9.94. The van der Waals surface area contributed by atoms with E-state index >= 15 is 0 Å². The third-order valence-electron chi connectivity index (χ3n) is 5.87. The van der Waals surface area contributed by atoms with Crippen molar-refractivity contribution < 1.29 is 13.2 Å². The first-order valence-electron chi connectivity index (χ1n) is 9.27. The molecule has 3 aliphatic rings. The lowest BCUT2D eigenvalue weighted by molar-refractivity contribution is -0.119. The van der Waals surface area contributed by atoms with Crippen molar-refractivity contribution >= 4 is 21.6 Å². The Morgan fingerprint density at radius 1 is 1.08 bits per heavy atom. The first-order chi connectivity index (χ1) is 11.8. The molecule has 0 unspecified atom stereocenters. The third-order valence-corrected chi connectivity index (χ3v) is 7.68. The number of piperidine rings is 1. The van der Waals surface area contributed by atoms with Crippen molar-refractivity contribution in [3.8, 4) is 0 Å². The zero-order chi connectivity index (χ0) is 17.9. The summed E-state index contributed by atoms with van der Waals surface area (Å²) in [5.74, 6) is 0.608. The second kappa shape index (κ2) is 5.81. The molecule has 3 aliphatic heterocycles. The molecular formula is C19H26N2O3S. The molecule has 0 saturated carbocycles. The number of sulfonamides is 1. The maximum Gasteiger partial charge on any atom is 0.243 e. The van der Waals surface area contributed by atoms with E-state index in [-0.39, 0.29) is 11.8 Å². The summed E-state index contributed by atoms with van der Waals surface area (Å²) in [6, 6.07) is 3.57. The highest BCUT2D eigenvalue weighted by Crippen LogP contribution is 2.44. The van der Waals surface area contributed by atoms with Crippen LogP contribution in [0.5, 0.6) is 0 Å². The molecule has 5 nitrogen and oxygen atoms in total. The van der Waals surface area contributed by atoms with E-state index < -0.39 is 10.0 Å². The number of benzene rings is 1. The van der Waals surface area contributed by atoms with Crippen LogP contribution < -0.4 is 4.90 Å². The Balaban J connectivity index is 1.78. The molecule has 0 N–H and O–H groups in total. The zero-order valence-corrected chi connectivity index (χ0v) is 16.0. The van der Waals surface area contributed by atoms with E-state index in [0.717, 1.165) is 42.6 Å². The van der Waals surface area contributed by atoms with E-state index in [4.69, 9.17) is 0 Å². The van der Waals surface area contributed by atoms with Gasteiger partial charge in [-0.1, -0.05) is 13.8 Å². The van der Waals surface area contributed by atoms with Crippen LogP contribution in [0.4, 0.5) is 5.69 Å². The standard InChI is InChI=1S/C19H26N2O3S/c1-12-7-13(2)11-20(10-12)25(23,24)16-8-15-5-4-6-21-18(15)17(9-16)14(3)19(21)22/h8-9,12-14H,4-7,10-11H2,1-3H3/t12-,13-,14-/m1/s1. The monoisotopic (exact) mass is 362 g/mol. The molecule has 1 aromatic carbocycles. The molecule has 4 rings (SSSR count). The Labute approximate surface area is 150 Å². The van der Waals surface area contributed by atoms with Gasteiger partial charge in [0.2, 0.25) is 15.9 Å². The van der Waals surface area contributed by atoms with Crippen LogP contribution in [0.1, 0.15) is 50.7 Å². The van der Waals surface area contributed by atoms with Crippen molar-refractivity contribution in [1.82, 2.24) is 4.31 Å². The first kappa shape index (κ1) is 17.0. The highest BCUT2D eigenvalue weighted by molar-refractivity contribution is 7.89. The molecule has 136 valence electrons. The summed E-state index contributed by atoms with van der Waals surface area (Å²) in [6.07, 6.45) is 2.81. The third kappa shape index (κ3) is 2.61. The van der Waals surface area contributed by atoms with Crippen LogP contribution in [0, 0.1) is 11.8 Å². The minimum absolute atomic E-state index is 0.103. The number of nitrogens with zero attached hydrogens (tertiary/aromatic N) is 2. The molecule has 1 fully saturated rings. The van der Waals surface area contributed by atoms with Crippen molar-refractivity contribution in [3.63, 3.8) is 0 Å². The van der Waals surface area contributed by atoms with Crippen LogP contribution >= 0.6 is 0 Å². The van der Waals surface area contributed by atoms with Crippen molar-refractivity contribution in [2.24, 2.45) is 11.8 Å². The summed E-state index contributed by atoms with van der Waals surface area (Å²) in [4.78, 5) is 14.7. The summed E-state index contributed by atoms with van der Waals surface area (Å²) >= 11 is 0. The van der Waals surface area contributed by atoms with Gasteiger partial charge in [-0.15, -0.1) is 0 Å². The molecule has 25 heavy (non-hydrogen) atoms. The quantitative estimate of drug-likeness (QED) is 0.813. The summed E-state index contributed by atoms with van der Waals surface area (Å²) < 4.78 is 28.2. The van der Waals surface area contributed by atoms with Crippen molar-refractivity contribution in [1.29, 1.82) is 0 Å². The van der Waals surface area contributed by atoms with Gasteiger partial charge in [-0.05, 0) is 61.3 Å². The van der Waals surface area contributed by atoms with Gasteiger partial charge in [0.1, 0.15) is 0 Å². The average molecular weight is 362 g/mol. The largest absolute Gasteiger partial charge is 0.311 e. The molecule has 0 bridgehead atoms. The second-order valence-corrected chi connectivity index (χ2v) is 10.0. The molecule has 1 saturated heterocycles. The van der Waals surface area contributed by atoms with Crippen LogP contribution in [0.2, 0.25) is 0 Å². The number of amides is 1. The van der Waals surface area contributed by atoms with Crippen LogP contribution in [0.25, 0.3) is 0 Å². The molecule has 3 heterocycles. The fourth-order valence-electron chi connectivity index (χ4n) is 4.77. The highest BCUT2D eigenvalue weighted by atomic mass is 32.2. The first-order valence-corrected chi connectivity index (χ1v) is 10.7. The predicted octanol–water partition coefficient (Wildman–Crippen LogP) is 2.75. The zero-order valence-electron chi connectivity index (χ0n) is 15.2. The fourth-order valence-corrected chi connectivity index (χ4v) is 6.53. The average Bonchev–Trinajstić information content (AvgIpc) is 2.81. The van der Waals surface area contributed by atoms with E-state index in [1.807, 2.05) is 17.9 Å². The molecule has 0 radical (unpaired) electrons. The summed E-state index contributed by atoms with van der Waals surface area (Å²) in [6.45, 7) is 8.03. The number of hydrogen-bond acceptors (Lipinski definition) is 3. The van der Waals surface area contributed by atoms with Gasteiger partial charge >= 0.3 is 0 Å². The van der Waals surface area contributed by atoms with E-state index in [1.165, 1.54) is 0 Å². The number of carbonyl (C=O) groups excluding carboxylic acids is 1. The van der Waals surface area contributed by atoms with Gasteiger partial charge in [0.15, 0.2) is 0 Å². The Kier molecular flexibility index (Phi) is 3.96. The Morgan fingerprint density at radius 2 is 1.76 bits per heavy atom. The molecule has 6 heteroatoms. The lowest BCUT2D eigenvalue weighted by Crippen LogP contribution is -2.42. The van der Waals surface area contributed by atoms with Crippen LogP contribution in [-0.2, 0) is 21.2 Å². The van der Waals surface area contributed by atoms with Crippen LogP contribution in [0.15, 0.2) is 17.0 Å². The number of rotatable bonds is 2. The van der Waals surface area contributed by atoms with Crippen molar-refractivity contribution in [3.05, 3.63) is 23.3 Å². The van der Waals surface area contributed by atoms with Gasteiger partial charge in [0.25, 0.3) is 0 Å². The lowest BCUT2D eigenvalue weighted by Gasteiger charge is -2.34. The molecule has 3 atom stereocenters. The second-order valence-electron chi connectivity index (χ2n) is 8.10. The number of hydrogen-bond donors (Lipinski definition) is 0. The minimum Gasteiger partial charge on any atom is -0.311 e. The summed E-state index contributed by atoms with van der Waals surface area (Å²) in [7, 11) is -3.51. The Bertz CT molecular complexity index is 823. The topological polar surface area (TPSA) is 57.7 Å². The summed E-state index contributed by atoms with van der Waals surface area (Å²) in [5, 5.41) is 0. The van der Waals surface area contributed by atoms with E-state index in [9.17, 15) is 13.2 Å². The van der Waals surface area contributed by atoms with E-state index in [2.05, 4.69) is 13.8 Å². The van der Waals surface area contributed by atoms with E-state index in [1.54, 1.807) is 10.4 Å². The van der Waals surface area contributed by atoms with Gasteiger partial charge in [-0.25, -0.2) is 8.42 Å². The predicted molar refractivity (Wildman–Crippen MR) is 97.2 cm³/mol. The van der Waals surface area contributed by atoms with Crippen LogP contribution in [0.3, 0.4) is 0 Å². The highest BCUT2D eigenvalue weighted by Gasteiger charge is 2.40. The smallest absolute Gasteiger partial charge is 0.243 e. The maximum atomic E-state index is 13.3. The van der Waals surface area contributed by atoms with Crippen molar-refractivity contribution in [2.75, 3.05) is 24.5 Å². The van der Waals surface area contributed by atoms with E-state index in [0.29, 0.717) is 29.8 Å². The van der Waals surface area contributed by atoms with Crippen molar-refractivity contribution in [2.45, 2.75) is 50.8 Å². The molecule has 1 amide bonds. The normalized spacial score (nSPS) is 29.8. The molecular weight excluding hydrogens is 336 g/mol. The Morgan fingerprint density at radius 3 is 2.44 bits per heavy atom. The molecule has 0 aliphatic carbocycles. The Hall–Kier alpha value is -1.40. The molecule has 0 spiro atoms. The SMILES string of the molecule is C[C@@H]1C[C@@H](C)CN(S(=O)(=O)c2cc3c4c(c2)[C@@H](C)C(=O)N4CCC3)C1.